The van der Waals surface area contributed by atoms with Crippen LogP contribution in [0.5, 0.6) is 0 Å². The Balaban J connectivity index is 0.000000221. The number of pyridine rings is 1. The zero-order valence-electron chi connectivity index (χ0n) is 16.9. The molecule has 1 fully saturated rings. The van der Waals surface area contributed by atoms with Gasteiger partial charge in [0.05, 0.1) is 23.4 Å². The highest BCUT2D eigenvalue weighted by Crippen LogP contribution is 2.45. The van der Waals surface area contributed by atoms with Gasteiger partial charge in [-0.25, -0.2) is 0 Å². The molecule has 1 saturated carbocycles. The SMILES string of the molecule is Cc1ccc(C2(NC(=O)CC(C)C)CC2)cc1.OCc1ccc(C(F)(F)F)cn1. The monoisotopic (exact) mass is 408 g/mol. The third-order valence-electron chi connectivity index (χ3n) is 4.64. The molecule has 0 atom stereocenters. The van der Waals surface area contributed by atoms with Crippen molar-refractivity contribution in [2.24, 2.45) is 5.92 Å². The number of aliphatic hydroxyl groups is 1. The molecule has 2 aromatic rings. The second-order valence-corrected chi connectivity index (χ2v) is 7.79. The minimum Gasteiger partial charge on any atom is -0.390 e. The first-order valence-electron chi connectivity index (χ1n) is 9.57. The number of amides is 1. The summed E-state index contributed by atoms with van der Waals surface area (Å²) in [5, 5.41) is 11.7. The number of hydrogen-bond donors (Lipinski definition) is 2. The third kappa shape index (κ3) is 6.85. The molecule has 1 aliphatic carbocycles. The molecule has 2 N–H and O–H groups in total. The van der Waals surface area contributed by atoms with E-state index in [1.54, 1.807) is 0 Å². The normalized spacial score (nSPS) is 14.8. The van der Waals surface area contributed by atoms with Crippen molar-refractivity contribution in [1.82, 2.24) is 10.3 Å². The summed E-state index contributed by atoms with van der Waals surface area (Å²) in [7, 11) is 0. The zero-order valence-corrected chi connectivity index (χ0v) is 16.9. The van der Waals surface area contributed by atoms with Crippen molar-refractivity contribution in [2.75, 3.05) is 0 Å². The Morgan fingerprint density at radius 1 is 1.17 bits per heavy atom. The maximum atomic E-state index is 11.9. The van der Waals surface area contributed by atoms with Gasteiger partial charge in [0.15, 0.2) is 0 Å². The minimum atomic E-state index is -4.36. The fourth-order valence-corrected chi connectivity index (χ4v) is 2.86. The summed E-state index contributed by atoms with van der Waals surface area (Å²) in [5.74, 6) is 0.599. The highest BCUT2D eigenvalue weighted by Gasteiger charge is 2.45. The number of aryl methyl sites for hydroxylation is 1. The van der Waals surface area contributed by atoms with Crippen molar-refractivity contribution in [1.29, 1.82) is 0 Å². The van der Waals surface area contributed by atoms with Gasteiger partial charge in [-0.2, -0.15) is 13.2 Å². The number of rotatable bonds is 5. The molecule has 1 amide bonds. The van der Waals surface area contributed by atoms with Crippen LogP contribution in [0.15, 0.2) is 42.6 Å². The predicted octanol–water partition coefficient (Wildman–Crippen LogP) is 4.74. The van der Waals surface area contributed by atoms with E-state index in [4.69, 9.17) is 5.11 Å². The Hall–Kier alpha value is -2.41. The van der Waals surface area contributed by atoms with Crippen LogP contribution in [-0.4, -0.2) is 16.0 Å². The molecular weight excluding hydrogens is 381 g/mol. The molecule has 0 radical (unpaired) electrons. The molecule has 1 aliphatic rings. The van der Waals surface area contributed by atoms with Crippen molar-refractivity contribution >= 4 is 5.91 Å². The summed E-state index contributed by atoms with van der Waals surface area (Å²) in [4.78, 5) is 15.2. The molecule has 7 heteroatoms. The van der Waals surface area contributed by atoms with E-state index in [2.05, 4.69) is 55.3 Å². The topological polar surface area (TPSA) is 62.2 Å². The van der Waals surface area contributed by atoms with Gasteiger partial charge in [0.2, 0.25) is 5.91 Å². The molecule has 1 aromatic carbocycles. The largest absolute Gasteiger partial charge is 0.417 e. The van der Waals surface area contributed by atoms with Gasteiger partial charge in [0.25, 0.3) is 0 Å². The van der Waals surface area contributed by atoms with Crippen LogP contribution < -0.4 is 5.32 Å². The quantitative estimate of drug-likeness (QED) is 0.751. The molecule has 29 heavy (non-hydrogen) atoms. The summed E-state index contributed by atoms with van der Waals surface area (Å²) >= 11 is 0. The summed E-state index contributed by atoms with van der Waals surface area (Å²) in [6.45, 7) is 5.88. The van der Waals surface area contributed by atoms with E-state index in [0.29, 0.717) is 18.5 Å². The molecule has 3 rings (SSSR count). The van der Waals surface area contributed by atoms with Crippen LogP contribution in [0.2, 0.25) is 0 Å². The van der Waals surface area contributed by atoms with E-state index in [1.165, 1.54) is 11.1 Å². The van der Waals surface area contributed by atoms with Crippen LogP contribution in [0, 0.1) is 12.8 Å². The van der Waals surface area contributed by atoms with E-state index in [-0.39, 0.29) is 23.7 Å². The molecule has 1 heterocycles. The molecule has 1 aromatic heterocycles. The average molecular weight is 408 g/mol. The maximum absolute atomic E-state index is 11.9. The van der Waals surface area contributed by atoms with Crippen LogP contribution in [0.25, 0.3) is 0 Å². The standard InChI is InChI=1S/C15H21NO.C7H6F3NO/c1-11(2)10-14(17)16-15(8-9-15)13-6-4-12(3)5-7-13;8-7(9,10)5-1-2-6(4-12)11-3-5/h4-7,11H,8-10H2,1-3H3,(H,16,17);1-3,12H,4H2. The van der Waals surface area contributed by atoms with Crippen LogP contribution in [0.3, 0.4) is 0 Å². The molecule has 0 saturated heterocycles. The number of aliphatic hydroxyl groups excluding tert-OH is 1. The Morgan fingerprint density at radius 3 is 2.21 bits per heavy atom. The highest BCUT2D eigenvalue weighted by atomic mass is 19.4. The van der Waals surface area contributed by atoms with Crippen molar-refractivity contribution in [3.05, 3.63) is 65.0 Å². The molecule has 0 spiro atoms. The first kappa shape index (κ1) is 22.9. The van der Waals surface area contributed by atoms with Crippen LogP contribution >= 0.6 is 0 Å². The fraction of sp³-hybridized carbons (Fsp3) is 0.455. The Bertz CT molecular complexity index is 796. The van der Waals surface area contributed by atoms with E-state index in [1.807, 2.05) is 0 Å². The number of carbonyl (C=O) groups excluding carboxylic acids is 1. The molecule has 4 nitrogen and oxygen atoms in total. The van der Waals surface area contributed by atoms with E-state index >= 15 is 0 Å². The van der Waals surface area contributed by atoms with Crippen molar-refractivity contribution in [3.8, 4) is 0 Å². The van der Waals surface area contributed by atoms with E-state index in [0.717, 1.165) is 25.0 Å². The lowest BCUT2D eigenvalue weighted by Crippen LogP contribution is -2.35. The van der Waals surface area contributed by atoms with Gasteiger partial charge in [0.1, 0.15) is 0 Å². The number of nitrogens with zero attached hydrogens (tertiary/aromatic N) is 1. The van der Waals surface area contributed by atoms with Crippen molar-refractivity contribution < 1.29 is 23.1 Å². The number of alkyl halides is 3. The summed E-state index contributed by atoms with van der Waals surface area (Å²) in [6.07, 6.45) is -0.903. The third-order valence-corrected chi connectivity index (χ3v) is 4.64. The van der Waals surface area contributed by atoms with Gasteiger partial charge < -0.3 is 10.4 Å². The molecular formula is C22H27F3N2O2. The Kier molecular flexibility index (Phi) is 7.41. The number of halogens is 3. The van der Waals surface area contributed by atoms with E-state index < -0.39 is 11.7 Å². The number of benzene rings is 1. The second-order valence-electron chi connectivity index (χ2n) is 7.79. The molecule has 0 unspecified atom stereocenters. The average Bonchev–Trinajstić information content (AvgIpc) is 3.42. The number of aromatic nitrogens is 1. The van der Waals surface area contributed by atoms with Crippen molar-refractivity contribution in [2.45, 2.75) is 58.4 Å². The first-order valence-corrected chi connectivity index (χ1v) is 9.57. The molecule has 158 valence electrons. The fourth-order valence-electron chi connectivity index (χ4n) is 2.86. The van der Waals surface area contributed by atoms with Gasteiger partial charge in [-0.1, -0.05) is 43.7 Å². The van der Waals surface area contributed by atoms with Gasteiger partial charge in [0, 0.05) is 12.6 Å². The van der Waals surface area contributed by atoms with Crippen LogP contribution in [0.1, 0.15) is 55.5 Å². The Labute approximate surface area is 169 Å². The lowest BCUT2D eigenvalue weighted by atomic mass is 10.0. The summed E-state index contributed by atoms with van der Waals surface area (Å²) in [6, 6.07) is 10.5. The van der Waals surface area contributed by atoms with Gasteiger partial charge >= 0.3 is 6.18 Å². The first-order chi connectivity index (χ1) is 13.6. The van der Waals surface area contributed by atoms with Crippen molar-refractivity contribution in [3.63, 3.8) is 0 Å². The number of hydrogen-bond acceptors (Lipinski definition) is 3. The predicted molar refractivity (Wildman–Crippen MR) is 105 cm³/mol. The minimum absolute atomic E-state index is 0.0559. The number of nitrogens with one attached hydrogen (secondary N) is 1. The summed E-state index contributed by atoms with van der Waals surface area (Å²) in [5.41, 5.74) is 1.88. The summed E-state index contributed by atoms with van der Waals surface area (Å²) < 4.78 is 35.8. The van der Waals surface area contributed by atoms with Gasteiger partial charge in [-0.3, -0.25) is 9.78 Å². The number of carbonyl (C=O) groups is 1. The Morgan fingerprint density at radius 2 is 1.79 bits per heavy atom. The van der Waals surface area contributed by atoms with Crippen LogP contribution in [-0.2, 0) is 23.1 Å². The van der Waals surface area contributed by atoms with Gasteiger partial charge in [-0.15, -0.1) is 0 Å². The lowest BCUT2D eigenvalue weighted by molar-refractivity contribution is -0.137. The highest BCUT2D eigenvalue weighted by molar-refractivity contribution is 5.77. The zero-order chi connectivity index (χ0) is 21.7. The molecule has 0 aliphatic heterocycles. The van der Waals surface area contributed by atoms with Gasteiger partial charge in [-0.05, 0) is 43.4 Å². The van der Waals surface area contributed by atoms with Crippen LogP contribution in [0.4, 0.5) is 13.2 Å². The smallest absolute Gasteiger partial charge is 0.390 e. The molecule has 0 bridgehead atoms. The maximum Gasteiger partial charge on any atom is 0.417 e. The lowest BCUT2D eigenvalue weighted by Gasteiger charge is -2.19. The van der Waals surface area contributed by atoms with E-state index in [9.17, 15) is 18.0 Å². The second kappa shape index (κ2) is 9.39.